The van der Waals surface area contributed by atoms with Gasteiger partial charge in [-0.2, -0.15) is 0 Å². The number of hydrogen-bond acceptors (Lipinski definition) is 5. The molecule has 0 bridgehead atoms. The number of benzene rings is 1. The van der Waals surface area contributed by atoms with Crippen molar-refractivity contribution in [3.8, 4) is 17.2 Å². The number of rotatable bonds is 10. The molecule has 1 rings (SSSR count). The van der Waals surface area contributed by atoms with Crippen LogP contribution in [0, 0.1) is 0 Å². The summed E-state index contributed by atoms with van der Waals surface area (Å²) in [6, 6.07) is 3.74. The summed E-state index contributed by atoms with van der Waals surface area (Å²) in [7, 11) is 6.60. The Morgan fingerprint density at radius 1 is 1.04 bits per heavy atom. The molecule has 0 radical (unpaired) electrons. The minimum absolute atomic E-state index is 0.0749. The molecule has 0 unspecified atom stereocenters. The van der Waals surface area contributed by atoms with Crippen molar-refractivity contribution in [2.24, 2.45) is 4.99 Å². The fourth-order valence-electron chi connectivity index (χ4n) is 2.82. The molecule has 8 nitrogen and oxygen atoms in total. The van der Waals surface area contributed by atoms with E-state index in [2.05, 4.69) is 10.3 Å². The minimum Gasteiger partial charge on any atom is -0.493 e. The van der Waals surface area contributed by atoms with Gasteiger partial charge in [-0.3, -0.25) is 4.79 Å². The standard InChI is InChI=1S/C20H34N4O4/c1-8-21-20(23(4)14-18(25)24(9-2)10-3)22-13-15-11-16(26-5)19(28-7)17(12-15)27-6/h11-12H,8-10,13-14H2,1-7H3,(H,21,22). The van der Waals surface area contributed by atoms with E-state index in [4.69, 9.17) is 14.2 Å². The first-order chi connectivity index (χ1) is 13.4. The van der Waals surface area contributed by atoms with E-state index in [0.29, 0.717) is 49.4 Å². The van der Waals surface area contributed by atoms with E-state index >= 15 is 0 Å². The molecule has 0 saturated heterocycles. The Hall–Kier alpha value is -2.64. The van der Waals surface area contributed by atoms with E-state index in [-0.39, 0.29) is 12.5 Å². The first-order valence-corrected chi connectivity index (χ1v) is 9.51. The molecule has 0 aromatic heterocycles. The maximum atomic E-state index is 12.4. The van der Waals surface area contributed by atoms with Crippen molar-refractivity contribution in [3.63, 3.8) is 0 Å². The van der Waals surface area contributed by atoms with Gasteiger partial charge in [0, 0.05) is 26.7 Å². The van der Waals surface area contributed by atoms with E-state index in [9.17, 15) is 4.79 Å². The van der Waals surface area contributed by atoms with Crippen LogP contribution in [0.4, 0.5) is 0 Å². The van der Waals surface area contributed by atoms with E-state index < -0.39 is 0 Å². The molecule has 0 fully saturated rings. The highest BCUT2D eigenvalue weighted by Crippen LogP contribution is 2.38. The topological polar surface area (TPSA) is 75.6 Å². The van der Waals surface area contributed by atoms with Crippen LogP contribution in [0.15, 0.2) is 17.1 Å². The molecule has 0 spiro atoms. The third-order valence-corrected chi connectivity index (χ3v) is 4.32. The van der Waals surface area contributed by atoms with E-state index in [0.717, 1.165) is 5.56 Å². The van der Waals surface area contributed by atoms with Crippen LogP contribution in [0.5, 0.6) is 17.2 Å². The summed E-state index contributed by atoms with van der Waals surface area (Å²) in [5.41, 5.74) is 0.911. The first-order valence-electron chi connectivity index (χ1n) is 9.51. The molecule has 0 aliphatic heterocycles. The lowest BCUT2D eigenvalue weighted by atomic mass is 10.2. The number of guanidine groups is 1. The number of likely N-dealkylation sites (N-methyl/N-ethyl adjacent to an activating group) is 2. The first kappa shape index (κ1) is 23.4. The smallest absolute Gasteiger partial charge is 0.242 e. The Morgan fingerprint density at radius 2 is 1.61 bits per heavy atom. The van der Waals surface area contributed by atoms with Gasteiger partial charge in [-0.05, 0) is 38.5 Å². The molecule has 1 N–H and O–H groups in total. The highest BCUT2D eigenvalue weighted by Gasteiger charge is 2.16. The monoisotopic (exact) mass is 394 g/mol. The highest BCUT2D eigenvalue weighted by molar-refractivity contribution is 5.86. The van der Waals surface area contributed by atoms with Crippen LogP contribution in [0.25, 0.3) is 0 Å². The van der Waals surface area contributed by atoms with Crippen LogP contribution in [0.1, 0.15) is 26.3 Å². The van der Waals surface area contributed by atoms with Crippen LogP contribution in [-0.4, -0.2) is 76.2 Å². The predicted octanol–water partition coefficient (Wildman–Crippen LogP) is 1.98. The van der Waals surface area contributed by atoms with Crippen molar-refractivity contribution >= 4 is 11.9 Å². The minimum atomic E-state index is 0.0749. The number of aliphatic imine (C=N–C) groups is 1. The molecule has 1 aromatic rings. The van der Waals surface area contributed by atoms with Gasteiger partial charge < -0.3 is 29.3 Å². The SMILES string of the molecule is CCNC(=NCc1cc(OC)c(OC)c(OC)c1)N(C)CC(=O)N(CC)CC. The number of nitrogens with one attached hydrogen (secondary N) is 1. The average Bonchev–Trinajstić information content (AvgIpc) is 2.70. The second-order valence-corrected chi connectivity index (χ2v) is 6.13. The van der Waals surface area contributed by atoms with Crippen molar-refractivity contribution in [1.29, 1.82) is 0 Å². The van der Waals surface area contributed by atoms with Crippen LogP contribution >= 0.6 is 0 Å². The van der Waals surface area contributed by atoms with Gasteiger partial charge in [0.1, 0.15) is 0 Å². The van der Waals surface area contributed by atoms with Crippen LogP contribution < -0.4 is 19.5 Å². The van der Waals surface area contributed by atoms with Crippen LogP contribution in [0.3, 0.4) is 0 Å². The molecule has 158 valence electrons. The van der Waals surface area contributed by atoms with Gasteiger partial charge in [0.25, 0.3) is 0 Å². The van der Waals surface area contributed by atoms with Gasteiger partial charge >= 0.3 is 0 Å². The quantitative estimate of drug-likeness (QED) is 0.483. The molecule has 0 aliphatic carbocycles. The molecule has 0 atom stereocenters. The number of nitrogens with zero attached hydrogens (tertiary/aromatic N) is 3. The Morgan fingerprint density at radius 3 is 2.04 bits per heavy atom. The van der Waals surface area contributed by atoms with Gasteiger partial charge in [0.15, 0.2) is 17.5 Å². The normalized spacial score (nSPS) is 11.0. The Kier molecular flexibility index (Phi) is 9.98. The lowest BCUT2D eigenvalue weighted by Gasteiger charge is -2.25. The number of ether oxygens (including phenoxy) is 3. The molecule has 8 heteroatoms. The molecule has 28 heavy (non-hydrogen) atoms. The summed E-state index contributed by atoms with van der Waals surface area (Å²) in [6.45, 7) is 8.72. The van der Waals surface area contributed by atoms with Crippen molar-refractivity contribution in [3.05, 3.63) is 17.7 Å². The summed E-state index contributed by atoms with van der Waals surface area (Å²) >= 11 is 0. The zero-order valence-corrected chi connectivity index (χ0v) is 18.2. The number of carbonyl (C=O) groups is 1. The third-order valence-electron chi connectivity index (χ3n) is 4.32. The molecular formula is C20H34N4O4. The Bertz CT molecular complexity index is 635. The maximum Gasteiger partial charge on any atom is 0.242 e. The molecule has 0 heterocycles. The lowest BCUT2D eigenvalue weighted by Crippen LogP contribution is -2.45. The number of carbonyl (C=O) groups excluding carboxylic acids is 1. The summed E-state index contributed by atoms with van der Waals surface area (Å²) in [4.78, 5) is 20.7. The Balaban J connectivity index is 3.02. The molecular weight excluding hydrogens is 360 g/mol. The van der Waals surface area contributed by atoms with Gasteiger partial charge in [0.05, 0.1) is 34.4 Å². The van der Waals surface area contributed by atoms with E-state index in [1.807, 2.05) is 44.9 Å². The van der Waals surface area contributed by atoms with Gasteiger partial charge in [0.2, 0.25) is 11.7 Å². The third kappa shape index (κ3) is 6.21. The van der Waals surface area contributed by atoms with Gasteiger partial charge in [-0.25, -0.2) is 4.99 Å². The highest BCUT2D eigenvalue weighted by atomic mass is 16.5. The number of amides is 1. The summed E-state index contributed by atoms with van der Waals surface area (Å²) < 4.78 is 16.1. The summed E-state index contributed by atoms with van der Waals surface area (Å²) in [5, 5.41) is 3.23. The largest absolute Gasteiger partial charge is 0.493 e. The average molecular weight is 395 g/mol. The van der Waals surface area contributed by atoms with Crippen LogP contribution in [0.2, 0.25) is 0 Å². The molecule has 0 saturated carbocycles. The van der Waals surface area contributed by atoms with Crippen molar-refractivity contribution in [1.82, 2.24) is 15.1 Å². The molecule has 1 aromatic carbocycles. The molecule has 1 amide bonds. The fourth-order valence-corrected chi connectivity index (χ4v) is 2.82. The van der Waals surface area contributed by atoms with Crippen molar-refractivity contribution in [2.45, 2.75) is 27.3 Å². The Labute approximate surface area is 168 Å². The zero-order chi connectivity index (χ0) is 21.1. The van der Waals surface area contributed by atoms with E-state index in [1.165, 1.54) is 0 Å². The van der Waals surface area contributed by atoms with Gasteiger partial charge in [-0.1, -0.05) is 0 Å². The second-order valence-electron chi connectivity index (χ2n) is 6.13. The van der Waals surface area contributed by atoms with Crippen LogP contribution in [-0.2, 0) is 11.3 Å². The number of hydrogen-bond donors (Lipinski definition) is 1. The van der Waals surface area contributed by atoms with Gasteiger partial charge in [-0.15, -0.1) is 0 Å². The molecule has 0 aliphatic rings. The zero-order valence-electron chi connectivity index (χ0n) is 18.2. The van der Waals surface area contributed by atoms with Crippen molar-refractivity contribution in [2.75, 3.05) is 54.6 Å². The fraction of sp³-hybridized carbons (Fsp3) is 0.600. The second kappa shape index (κ2) is 11.9. The van der Waals surface area contributed by atoms with E-state index in [1.54, 1.807) is 26.2 Å². The van der Waals surface area contributed by atoms with Crippen molar-refractivity contribution < 1.29 is 19.0 Å². The summed E-state index contributed by atoms with van der Waals surface area (Å²) in [5.74, 6) is 2.46. The predicted molar refractivity (Wildman–Crippen MR) is 111 cm³/mol. The maximum absolute atomic E-state index is 12.4. The lowest BCUT2D eigenvalue weighted by molar-refractivity contribution is -0.131. The summed E-state index contributed by atoms with van der Waals surface area (Å²) in [6.07, 6.45) is 0. The number of methoxy groups -OCH3 is 3.